The van der Waals surface area contributed by atoms with Crippen LogP contribution in [-0.4, -0.2) is 11.0 Å². The average molecular weight is 464 g/mol. The molecule has 7 rings (SSSR count). The largest absolute Gasteiger partial charge is 0.333 e. The second-order valence-corrected chi connectivity index (χ2v) is 10.3. The van der Waals surface area contributed by atoms with E-state index in [2.05, 4.69) is 115 Å². The summed E-state index contributed by atoms with van der Waals surface area (Å²) in [6.45, 7) is 4.76. The highest BCUT2D eigenvalue weighted by Crippen LogP contribution is 2.60. The standard InChI is InChI=1S/C33H25N3/c1-33(2)27-12-5-3-10-24(27)25-14-15-30-31(32(25)33)26-11-4-6-13-29(26)36(30)23-9-7-8-22(19-23)28-18-21(20-34)16-17-35-28/h3-19,30-31H,1-2H3. The maximum atomic E-state index is 9.36. The highest BCUT2D eigenvalue weighted by atomic mass is 15.2. The molecule has 2 heterocycles. The Morgan fingerprint density at radius 3 is 2.64 bits per heavy atom. The van der Waals surface area contributed by atoms with E-state index in [1.165, 1.54) is 33.5 Å². The van der Waals surface area contributed by atoms with Crippen LogP contribution in [0.15, 0.2) is 109 Å². The molecule has 4 aromatic rings. The number of hydrogen-bond acceptors (Lipinski definition) is 3. The molecule has 1 aromatic heterocycles. The molecule has 2 atom stereocenters. The average Bonchev–Trinajstić information content (AvgIpc) is 3.38. The van der Waals surface area contributed by atoms with Gasteiger partial charge in [-0.2, -0.15) is 5.26 Å². The highest BCUT2D eigenvalue weighted by molar-refractivity contribution is 5.91. The lowest BCUT2D eigenvalue weighted by molar-refractivity contribution is 0.557. The topological polar surface area (TPSA) is 39.9 Å². The van der Waals surface area contributed by atoms with Gasteiger partial charge in [-0.3, -0.25) is 4.98 Å². The van der Waals surface area contributed by atoms with E-state index in [1.807, 2.05) is 6.07 Å². The van der Waals surface area contributed by atoms with Gasteiger partial charge >= 0.3 is 0 Å². The minimum absolute atomic E-state index is 0.0355. The molecule has 3 heteroatoms. The van der Waals surface area contributed by atoms with Gasteiger partial charge in [-0.1, -0.05) is 80.6 Å². The zero-order chi connectivity index (χ0) is 24.4. The Labute approximate surface area is 211 Å². The summed E-state index contributed by atoms with van der Waals surface area (Å²) in [5.74, 6) is 0.285. The molecular formula is C33H25N3. The van der Waals surface area contributed by atoms with Crippen molar-refractivity contribution in [2.45, 2.75) is 31.2 Å². The third-order valence-electron chi connectivity index (χ3n) is 8.11. The van der Waals surface area contributed by atoms with Crippen LogP contribution in [0, 0.1) is 11.3 Å². The fraction of sp³-hybridized carbons (Fsp3) is 0.152. The SMILES string of the molecule is CC1(C)C2=C(C=CC3C2c2ccccc2N3c2cccc(-c3cc(C#N)ccn3)c2)c2ccccc21. The number of para-hydroxylation sites is 1. The first kappa shape index (κ1) is 20.9. The zero-order valence-electron chi connectivity index (χ0n) is 20.3. The van der Waals surface area contributed by atoms with E-state index in [0.29, 0.717) is 5.56 Å². The first-order valence-electron chi connectivity index (χ1n) is 12.5. The van der Waals surface area contributed by atoms with E-state index in [4.69, 9.17) is 0 Å². The lowest BCUT2D eigenvalue weighted by atomic mass is 9.70. The van der Waals surface area contributed by atoms with Gasteiger partial charge in [0.05, 0.1) is 23.4 Å². The second kappa shape index (κ2) is 7.54. The lowest BCUT2D eigenvalue weighted by Gasteiger charge is -2.36. The van der Waals surface area contributed by atoms with Gasteiger partial charge in [-0.25, -0.2) is 0 Å². The first-order valence-corrected chi connectivity index (χ1v) is 12.5. The van der Waals surface area contributed by atoms with Crippen LogP contribution in [0.4, 0.5) is 11.4 Å². The van der Waals surface area contributed by atoms with Gasteiger partial charge in [0.2, 0.25) is 0 Å². The van der Waals surface area contributed by atoms with Crippen LogP contribution in [0.1, 0.15) is 42.0 Å². The Hall–Kier alpha value is -4.42. The van der Waals surface area contributed by atoms with Crippen LogP contribution in [0.2, 0.25) is 0 Å². The van der Waals surface area contributed by atoms with E-state index in [-0.39, 0.29) is 17.4 Å². The van der Waals surface area contributed by atoms with E-state index in [9.17, 15) is 5.26 Å². The van der Waals surface area contributed by atoms with Crippen molar-refractivity contribution in [2.75, 3.05) is 4.90 Å². The maximum absolute atomic E-state index is 9.36. The van der Waals surface area contributed by atoms with Crippen LogP contribution in [-0.2, 0) is 5.41 Å². The Kier molecular flexibility index (Phi) is 4.38. The Morgan fingerprint density at radius 2 is 1.75 bits per heavy atom. The number of allylic oxidation sites excluding steroid dienone is 2. The van der Waals surface area contributed by atoms with Gasteiger partial charge in [0.15, 0.2) is 0 Å². The van der Waals surface area contributed by atoms with Gasteiger partial charge < -0.3 is 4.90 Å². The van der Waals surface area contributed by atoms with Crippen molar-refractivity contribution in [3.05, 3.63) is 131 Å². The highest BCUT2D eigenvalue weighted by Gasteiger charge is 2.49. The van der Waals surface area contributed by atoms with E-state index in [1.54, 1.807) is 12.3 Å². The minimum Gasteiger partial charge on any atom is -0.333 e. The molecule has 2 aliphatic carbocycles. The summed E-state index contributed by atoms with van der Waals surface area (Å²) in [5, 5.41) is 9.36. The molecule has 0 fully saturated rings. The molecule has 3 aliphatic rings. The molecule has 0 bridgehead atoms. The molecule has 0 N–H and O–H groups in total. The smallest absolute Gasteiger partial charge is 0.0992 e. The number of nitrogens with zero attached hydrogens (tertiary/aromatic N) is 3. The molecule has 0 radical (unpaired) electrons. The number of aromatic nitrogens is 1. The monoisotopic (exact) mass is 463 g/mol. The van der Waals surface area contributed by atoms with Crippen LogP contribution in [0.3, 0.4) is 0 Å². The van der Waals surface area contributed by atoms with Crippen molar-refractivity contribution in [1.82, 2.24) is 4.98 Å². The fourth-order valence-corrected chi connectivity index (χ4v) is 6.59. The molecule has 172 valence electrons. The predicted octanol–water partition coefficient (Wildman–Crippen LogP) is 7.54. The number of hydrogen-bond donors (Lipinski definition) is 0. The Balaban J connectivity index is 1.38. The molecule has 0 spiro atoms. The van der Waals surface area contributed by atoms with Crippen LogP contribution in [0.5, 0.6) is 0 Å². The maximum Gasteiger partial charge on any atom is 0.0992 e. The summed E-state index contributed by atoms with van der Waals surface area (Å²) in [5.41, 5.74) is 11.9. The zero-order valence-corrected chi connectivity index (χ0v) is 20.3. The van der Waals surface area contributed by atoms with Gasteiger partial charge in [0, 0.05) is 34.5 Å². The molecule has 2 unspecified atom stereocenters. The van der Waals surface area contributed by atoms with Crippen molar-refractivity contribution < 1.29 is 0 Å². The number of anilines is 2. The van der Waals surface area contributed by atoms with Gasteiger partial charge in [-0.15, -0.1) is 0 Å². The molecule has 0 saturated carbocycles. The normalized spacial score (nSPS) is 20.4. The van der Waals surface area contributed by atoms with Crippen molar-refractivity contribution in [3.8, 4) is 17.3 Å². The van der Waals surface area contributed by atoms with Crippen LogP contribution < -0.4 is 4.90 Å². The molecule has 36 heavy (non-hydrogen) atoms. The predicted molar refractivity (Wildman–Crippen MR) is 145 cm³/mol. The first-order chi connectivity index (χ1) is 17.6. The van der Waals surface area contributed by atoms with Crippen molar-refractivity contribution in [3.63, 3.8) is 0 Å². The molecule has 3 aromatic carbocycles. The summed E-state index contributed by atoms with van der Waals surface area (Å²) >= 11 is 0. The summed E-state index contributed by atoms with van der Waals surface area (Å²) < 4.78 is 0. The third kappa shape index (κ3) is 2.82. The molecule has 0 saturated heterocycles. The summed E-state index contributed by atoms with van der Waals surface area (Å²) in [4.78, 5) is 7.03. The van der Waals surface area contributed by atoms with Gasteiger partial charge in [0.25, 0.3) is 0 Å². The number of pyridine rings is 1. The second-order valence-electron chi connectivity index (χ2n) is 10.3. The van der Waals surface area contributed by atoms with Crippen LogP contribution >= 0.6 is 0 Å². The summed E-state index contributed by atoms with van der Waals surface area (Å²) in [6, 6.07) is 32.3. The number of benzene rings is 3. The van der Waals surface area contributed by atoms with E-state index < -0.39 is 0 Å². The lowest BCUT2D eigenvalue weighted by Crippen LogP contribution is -2.34. The van der Waals surface area contributed by atoms with E-state index >= 15 is 0 Å². The molecular weight excluding hydrogens is 438 g/mol. The van der Waals surface area contributed by atoms with Crippen molar-refractivity contribution >= 4 is 16.9 Å². The Morgan fingerprint density at radius 1 is 0.917 bits per heavy atom. The number of nitriles is 1. The molecule has 0 amide bonds. The summed E-state index contributed by atoms with van der Waals surface area (Å²) in [7, 11) is 0. The van der Waals surface area contributed by atoms with Gasteiger partial charge in [-0.05, 0) is 58.2 Å². The third-order valence-corrected chi connectivity index (χ3v) is 8.11. The van der Waals surface area contributed by atoms with Crippen molar-refractivity contribution in [2.24, 2.45) is 0 Å². The Bertz CT molecular complexity index is 1650. The quantitative estimate of drug-likeness (QED) is 0.308. The van der Waals surface area contributed by atoms with Crippen LogP contribution in [0.25, 0.3) is 16.8 Å². The van der Waals surface area contributed by atoms with Crippen molar-refractivity contribution in [1.29, 1.82) is 5.26 Å². The fourth-order valence-electron chi connectivity index (χ4n) is 6.59. The van der Waals surface area contributed by atoms with Gasteiger partial charge in [0.1, 0.15) is 0 Å². The van der Waals surface area contributed by atoms with E-state index in [0.717, 1.165) is 16.9 Å². The molecule has 1 aliphatic heterocycles. The molecule has 3 nitrogen and oxygen atoms in total. The summed E-state index contributed by atoms with van der Waals surface area (Å²) in [6.07, 6.45) is 6.45. The number of fused-ring (bicyclic) bond motifs is 6. The minimum atomic E-state index is -0.0355. The number of rotatable bonds is 2.